The molecular formula is C25H31IN2O5S. The van der Waals surface area contributed by atoms with Gasteiger partial charge in [0.05, 0.1) is 24.1 Å². The van der Waals surface area contributed by atoms with Crippen LogP contribution in [0.1, 0.15) is 47.9 Å². The van der Waals surface area contributed by atoms with Crippen LogP contribution >= 0.6 is 22.9 Å². The minimum Gasteiger partial charge on any atom is -0.494 e. The quantitative estimate of drug-likeness (QED) is 0.119. The number of fused-ring (bicyclic) bond motifs is 1. The van der Waals surface area contributed by atoms with Crippen molar-refractivity contribution in [2.24, 2.45) is 0 Å². The first-order chi connectivity index (χ1) is 16.1. The molecule has 0 amide bonds. The molecule has 0 spiro atoms. The Morgan fingerprint density at radius 2 is 1.79 bits per heavy atom. The fourth-order valence-corrected chi connectivity index (χ4v) is 4.44. The second kappa shape index (κ2) is 11.5. The van der Waals surface area contributed by atoms with Crippen LogP contribution in [0.25, 0.3) is 11.0 Å². The maximum atomic E-state index is 13.6. The monoisotopic (exact) mass is 598 g/mol. The lowest BCUT2D eigenvalue weighted by Gasteiger charge is -2.16. The van der Waals surface area contributed by atoms with Gasteiger partial charge in [-0.3, -0.25) is 12.2 Å². The van der Waals surface area contributed by atoms with Gasteiger partial charge in [-0.15, -0.1) is 0 Å². The number of halogens is 1. The van der Waals surface area contributed by atoms with E-state index in [0.29, 0.717) is 52.3 Å². The fraction of sp³-hybridized carbons (Fsp3) is 0.400. The number of anilines is 1. The van der Waals surface area contributed by atoms with Crippen LogP contribution in [0, 0.1) is 0 Å². The van der Waals surface area contributed by atoms with Crippen LogP contribution in [0.3, 0.4) is 0 Å². The van der Waals surface area contributed by atoms with Crippen LogP contribution in [-0.2, 0) is 16.4 Å². The van der Waals surface area contributed by atoms with E-state index in [1.165, 1.54) is 11.4 Å². The van der Waals surface area contributed by atoms with Crippen molar-refractivity contribution in [3.63, 3.8) is 0 Å². The van der Waals surface area contributed by atoms with E-state index in [1.807, 2.05) is 7.05 Å². The average molecular weight is 599 g/mol. The third kappa shape index (κ3) is 6.51. The van der Waals surface area contributed by atoms with Crippen molar-refractivity contribution in [3.8, 4) is 5.75 Å². The van der Waals surface area contributed by atoms with Gasteiger partial charge in [0.1, 0.15) is 17.1 Å². The van der Waals surface area contributed by atoms with E-state index in [1.54, 1.807) is 42.5 Å². The van der Waals surface area contributed by atoms with Crippen LogP contribution in [-0.4, -0.2) is 50.8 Å². The van der Waals surface area contributed by atoms with Crippen LogP contribution in [0.2, 0.25) is 0 Å². The van der Waals surface area contributed by atoms with E-state index in [4.69, 9.17) is 9.15 Å². The van der Waals surface area contributed by atoms with Crippen LogP contribution in [0.15, 0.2) is 46.9 Å². The Hall–Kier alpha value is -2.11. The first-order valence-electron chi connectivity index (χ1n) is 11.3. The Morgan fingerprint density at radius 1 is 1.09 bits per heavy atom. The number of unbranched alkanes of at least 4 members (excludes halogenated alkanes) is 1. The third-order valence-corrected chi connectivity index (χ3v) is 7.27. The molecule has 0 atom stereocenters. The summed E-state index contributed by atoms with van der Waals surface area (Å²) >= 11 is 2.24. The molecular weight excluding hydrogens is 567 g/mol. The number of sulfonamides is 1. The number of carbonyl (C=O) groups is 1. The molecule has 0 radical (unpaired) electrons. The van der Waals surface area contributed by atoms with Gasteiger partial charge in [0.25, 0.3) is 0 Å². The SMILES string of the molecule is CCCCc1oc2ccc(N(C)S(C)(=O)=O)cc2c1C(=O)c1ccc(OCCCN(C)I)cc1. The molecule has 34 heavy (non-hydrogen) atoms. The predicted octanol–water partition coefficient (Wildman–Crippen LogP) is 5.45. The first-order valence-corrected chi connectivity index (χ1v) is 14.1. The summed E-state index contributed by atoms with van der Waals surface area (Å²) in [5, 5.41) is 0.618. The summed E-state index contributed by atoms with van der Waals surface area (Å²) in [7, 11) is 0.0686. The topological polar surface area (TPSA) is 80.1 Å². The van der Waals surface area contributed by atoms with Gasteiger partial charge < -0.3 is 9.15 Å². The lowest BCUT2D eigenvalue weighted by atomic mass is 9.98. The highest BCUT2D eigenvalue weighted by atomic mass is 127. The molecule has 1 aromatic heterocycles. The van der Waals surface area contributed by atoms with Crippen molar-refractivity contribution < 1.29 is 22.4 Å². The lowest BCUT2D eigenvalue weighted by Crippen LogP contribution is -2.24. The van der Waals surface area contributed by atoms with Crippen molar-refractivity contribution in [2.45, 2.75) is 32.6 Å². The average Bonchev–Trinajstić information content (AvgIpc) is 3.16. The summed E-state index contributed by atoms with van der Waals surface area (Å²) in [5.74, 6) is 1.19. The molecule has 184 valence electrons. The molecule has 0 aliphatic carbocycles. The van der Waals surface area contributed by atoms with Crippen LogP contribution < -0.4 is 9.04 Å². The zero-order valence-electron chi connectivity index (χ0n) is 20.0. The van der Waals surface area contributed by atoms with Gasteiger partial charge in [-0.1, -0.05) is 13.3 Å². The van der Waals surface area contributed by atoms with Crippen molar-refractivity contribution in [1.29, 1.82) is 0 Å². The highest BCUT2D eigenvalue weighted by molar-refractivity contribution is 14.1. The number of aryl methyl sites for hydroxylation is 1. The zero-order valence-corrected chi connectivity index (χ0v) is 23.0. The largest absolute Gasteiger partial charge is 0.494 e. The van der Waals surface area contributed by atoms with Crippen LogP contribution in [0.5, 0.6) is 5.75 Å². The summed E-state index contributed by atoms with van der Waals surface area (Å²) in [4.78, 5) is 13.6. The van der Waals surface area contributed by atoms with Crippen molar-refractivity contribution in [3.05, 3.63) is 59.4 Å². The molecule has 0 bridgehead atoms. The first kappa shape index (κ1) is 26.5. The molecule has 0 aliphatic heterocycles. The maximum absolute atomic E-state index is 13.6. The van der Waals surface area contributed by atoms with Gasteiger partial charge in [-0.05, 0) is 62.4 Å². The summed E-state index contributed by atoms with van der Waals surface area (Å²) in [5.41, 5.74) is 2.07. The minimum absolute atomic E-state index is 0.151. The molecule has 2 aromatic carbocycles. The van der Waals surface area contributed by atoms with Gasteiger partial charge in [-0.25, -0.2) is 8.42 Å². The summed E-state index contributed by atoms with van der Waals surface area (Å²) < 4.78 is 39.2. The van der Waals surface area contributed by atoms with E-state index in [-0.39, 0.29) is 5.78 Å². The number of carbonyl (C=O) groups excluding carboxylic acids is 1. The molecule has 9 heteroatoms. The Kier molecular flexibility index (Phi) is 9.00. The fourth-order valence-electron chi connectivity index (χ4n) is 3.61. The van der Waals surface area contributed by atoms with Gasteiger partial charge in [0.15, 0.2) is 5.78 Å². The molecule has 3 rings (SSSR count). The molecule has 0 saturated carbocycles. The summed E-state index contributed by atoms with van der Waals surface area (Å²) in [6, 6.07) is 12.3. The molecule has 0 aliphatic rings. The third-order valence-electron chi connectivity index (χ3n) is 5.59. The lowest BCUT2D eigenvalue weighted by molar-refractivity contribution is 0.103. The number of hydrogen-bond acceptors (Lipinski definition) is 6. The van der Waals surface area contributed by atoms with Gasteiger partial charge >= 0.3 is 0 Å². The van der Waals surface area contributed by atoms with Crippen molar-refractivity contribution in [1.82, 2.24) is 3.11 Å². The van der Waals surface area contributed by atoms with Crippen molar-refractivity contribution in [2.75, 3.05) is 37.8 Å². The smallest absolute Gasteiger partial charge is 0.231 e. The van der Waals surface area contributed by atoms with E-state index in [0.717, 1.165) is 32.1 Å². The van der Waals surface area contributed by atoms with Gasteiger partial charge in [-0.2, -0.15) is 0 Å². The second-order valence-corrected chi connectivity index (χ2v) is 12.0. The van der Waals surface area contributed by atoms with E-state index < -0.39 is 10.0 Å². The number of benzene rings is 2. The zero-order chi connectivity index (χ0) is 24.9. The molecule has 0 saturated heterocycles. The Bertz CT molecular complexity index is 1240. The Balaban J connectivity index is 1.93. The second-order valence-electron chi connectivity index (χ2n) is 8.30. The minimum atomic E-state index is -3.44. The van der Waals surface area contributed by atoms with Crippen LogP contribution in [0.4, 0.5) is 5.69 Å². The normalized spacial score (nSPS) is 11.8. The van der Waals surface area contributed by atoms with Gasteiger partial charge in [0.2, 0.25) is 10.0 Å². The molecule has 1 heterocycles. The maximum Gasteiger partial charge on any atom is 0.231 e. The highest BCUT2D eigenvalue weighted by Crippen LogP contribution is 2.33. The summed E-state index contributed by atoms with van der Waals surface area (Å²) in [6.07, 6.45) is 4.54. The molecule has 0 unspecified atom stereocenters. The number of rotatable bonds is 12. The van der Waals surface area contributed by atoms with Crippen molar-refractivity contribution >= 4 is 55.3 Å². The number of ether oxygens (including phenoxy) is 1. The van der Waals surface area contributed by atoms with E-state index >= 15 is 0 Å². The number of furan rings is 1. The Morgan fingerprint density at radius 3 is 2.41 bits per heavy atom. The molecule has 7 nitrogen and oxygen atoms in total. The highest BCUT2D eigenvalue weighted by Gasteiger charge is 2.23. The number of nitrogens with zero attached hydrogens (tertiary/aromatic N) is 2. The predicted molar refractivity (Wildman–Crippen MR) is 145 cm³/mol. The number of hydrogen-bond donors (Lipinski definition) is 0. The van der Waals surface area contributed by atoms with Gasteiger partial charge in [0, 0.05) is 53.8 Å². The Labute approximate surface area is 215 Å². The number of ketones is 1. The summed E-state index contributed by atoms with van der Waals surface area (Å²) in [6.45, 7) is 3.62. The van der Waals surface area contributed by atoms with E-state index in [2.05, 4.69) is 32.9 Å². The molecule has 0 N–H and O–H groups in total. The molecule has 0 fully saturated rings. The van der Waals surface area contributed by atoms with E-state index in [9.17, 15) is 13.2 Å². The standard InChI is InChI=1S/C25H31IN2O5S/c1-5-6-8-23-24(21-17-19(11-14-22(21)33-23)28(3)34(4,30)31)25(29)18-9-12-20(13-10-18)32-16-7-15-27(2)26/h9-14,17H,5-8,15-16H2,1-4H3. The molecule has 3 aromatic rings.